The Hall–Kier alpha value is -1.44. The van der Waals surface area contributed by atoms with E-state index in [1.54, 1.807) is 18.2 Å². The summed E-state index contributed by atoms with van der Waals surface area (Å²) >= 11 is 2.09. The predicted molar refractivity (Wildman–Crippen MR) is 132 cm³/mol. The normalized spacial score (nSPS) is 20.5. The van der Waals surface area contributed by atoms with Gasteiger partial charge in [0, 0.05) is 24.8 Å². The van der Waals surface area contributed by atoms with Crippen molar-refractivity contribution in [1.82, 2.24) is 10.6 Å². The molecule has 1 aliphatic rings. The number of carbonyl (C=O) groups is 1. The Morgan fingerprint density at radius 1 is 1.27 bits per heavy atom. The first-order valence-electron chi connectivity index (χ1n) is 11.1. The molecule has 0 saturated carbocycles. The summed E-state index contributed by atoms with van der Waals surface area (Å²) in [6, 6.07) is 3.04. The molecule has 0 bridgehead atoms. The maximum atomic E-state index is 12.6. The number of rotatable bonds is 13. The summed E-state index contributed by atoms with van der Waals surface area (Å²) in [7, 11) is 1.50. The van der Waals surface area contributed by atoms with Crippen LogP contribution in [0.15, 0.2) is 23.8 Å². The Kier molecular flexibility index (Phi) is 11.9. The standard InChI is InChI=1S/C23H35IN2O7/c1-14(2)32-8-4-5-25-18-11-16(23(30)26-6-7-27)12-19(21(18)29)33-22-17(24)9-15(13-28)10-20(22)31-3/h9-10,12,14,18-19,21,25,27-29H,4-8,11,13H2,1-3H3,(H,26,30)/t18-,19+,21+/m1/s1. The number of ether oxygens (including phenoxy) is 3. The van der Waals surface area contributed by atoms with Gasteiger partial charge in [-0.1, -0.05) is 0 Å². The van der Waals surface area contributed by atoms with Gasteiger partial charge in [0.15, 0.2) is 11.5 Å². The molecule has 10 heteroatoms. The second-order valence-electron chi connectivity index (χ2n) is 8.05. The third kappa shape index (κ3) is 8.37. The predicted octanol–water partition coefficient (Wildman–Crippen LogP) is 1.11. The minimum Gasteiger partial charge on any atom is -0.493 e. The number of amides is 1. The molecule has 1 aromatic rings. The Morgan fingerprint density at radius 2 is 2.03 bits per heavy atom. The topological polar surface area (TPSA) is 130 Å². The lowest BCUT2D eigenvalue weighted by Crippen LogP contribution is -2.52. The summed E-state index contributed by atoms with van der Waals surface area (Å²) in [6.07, 6.45) is 1.14. The molecule has 0 unspecified atom stereocenters. The van der Waals surface area contributed by atoms with Gasteiger partial charge in [-0.2, -0.15) is 0 Å². The smallest absolute Gasteiger partial charge is 0.247 e. The first kappa shape index (κ1) is 27.8. The molecule has 9 nitrogen and oxygen atoms in total. The van der Waals surface area contributed by atoms with Crippen LogP contribution in [0.1, 0.15) is 32.3 Å². The van der Waals surface area contributed by atoms with Crippen LogP contribution in [-0.2, 0) is 16.1 Å². The van der Waals surface area contributed by atoms with Crippen molar-refractivity contribution in [3.8, 4) is 11.5 Å². The first-order chi connectivity index (χ1) is 15.8. The summed E-state index contributed by atoms with van der Waals surface area (Å²) in [5, 5.41) is 35.5. The summed E-state index contributed by atoms with van der Waals surface area (Å²) in [4.78, 5) is 12.6. The summed E-state index contributed by atoms with van der Waals surface area (Å²) in [6.45, 7) is 5.00. The number of halogens is 1. The number of methoxy groups -OCH3 is 1. The maximum absolute atomic E-state index is 12.6. The molecule has 0 aliphatic heterocycles. The number of hydrogen-bond acceptors (Lipinski definition) is 8. The molecular formula is C23H35IN2O7. The summed E-state index contributed by atoms with van der Waals surface area (Å²) < 4.78 is 17.9. The number of benzene rings is 1. The average molecular weight is 578 g/mol. The quantitative estimate of drug-likeness (QED) is 0.174. The highest BCUT2D eigenvalue weighted by Crippen LogP contribution is 2.36. The lowest BCUT2D eigenvalue weighted by molar-refractivity contribution is -0.118. The van der Waals surface area contributed by atoms with Crippen molar-refractivity contribution < 1.29 is 34.3 Å². The van der Waals surface area contributed by atoms with Crippen LogP contribution in [0, 0.1) is 3.57 Å². The number of hydrogen-bond donors (Lipinski definition) is 5. The molecule has 5 N–H and O–H groups in total. The van der Waals surface area contributed by atoms with Gasteiger partial charge in [0.1, 0.15) is 12.2 Å². The van der Waals surface area contributed by atoms with Gasteiger partial charge < -0.3 is 40.2 Å². The molecule has 3 atom stereocenters. The molecule has 0 fully saturated rings. The van der Waals surface area contributed by atoms with Gasteiger partial charge >= 0.3 is 0 Å². The van der Waals surface area contributed by atoms with Gasteiger partial charge in [-0.3, -0.25) is 4.79 Å². The van der Waals surface area contributed by atoms with E-state index < -0.39 is 18.2 Å². The zero-order chi connectivity index (χ0) is 24.4. The molecular weight excluding hydrogens is 543 g/mol. The maximum Gasteiger partial charge on any atom is 0.247 e. The fourth-order valence-corrected chi connectivity index (χ4v) is 4.29. The Morgan fingerprint density at radius 3 is 2.67 bits per heavy atom. The van der Waals surface area contributed by atoms with E-state index in [0.29, 0.717) is 45.8 Å². The second-order valence-corrected chi connectivity index (χ2v) is 9.21. The van der Waals surface area contributed by atoms with Gasteiger partial charge in [-0.25, -0.2) is 0 Å². The molecule has 0 heterocycles. The number of nitrogens with one attached hydrogen (secondary N) is 2. The zero-order valence-corrected chi connectivity index (χ0v) is 21.5. The van der Waals surface area contributed by atoms with Crippen LogP contribution in [0.4, 0.5) is 0 Å². The lowest BCUT2D eigenvalue weighted by Gasteiger charge is -2.34. The molecule has 0 radical (unpaired) electrons. The van der Waals surface area contributed by atoms with Crippen LogP contribution in [0.3, 0.4) is 0 Å². The molecule has 1 aromatic carbocycles. The van der Waals surface area contributed by atoms with Crippen molar-refractivity contribution >= 4 is 28.5 Å². The van der Waals surface area contributed by atoms with Gasteiger partial charge in [0.25, 0.3) is 0 Å². The Bertz CT molecular complexity index is 803. The van der Waals surface area contributed by atoms with Gasteiger partial charge in [-0.15, -0.1) is 0 Å². The molecule has 1 aliphatic carbocycles. The van der Waals surface area contributed by atoms with Crippen LogP contribution in [0.5, 0.6) is 11.5 Å². The number of carbonyl (C=O) groups excluding carboxylic acids is 1. The molecule has 33 heavy (non-hydrogen) atoms. The van der Waals surface area contributed by atoms with Gasteiger partial charge in [-0.05, 0) is 79.6 Å². The second kappa shape index (κ2) is 14.1. The van der Waals surface area contributed by atoms with E-state index in [4.69, 9.17) is 19.3 Å². The van der Waals surface area contributed by atoms with Crippen LogP contribution in [0.2, 0.25) is 0 Å². The van der Waals surface area contributed by atoms with Crippen molar-refractivity contribution in [3.63, 3.8) is 0 Å². The highest BCUT2D eigenvalue weighted by molar-refractivity contribution is 14.1. The van der Waals surface area contributed by atoms with Crippen LogP contribution < -0.4 is 20.1 Å². The third-order valence-electron chi connectivity index (χ3n) is 5.15. The van der Waals surface area contributed by atoms with Crippen LogP contribution in [-0.4, -0.2) is 79.0 Å². The first-order valence-corrected chi connectivity index (χ1v) is 12.1. The molecule has 0 aromatic heterocycles. The monoisotopic (exact) mass is 578 g/mol. The van der Waals surface area contributed by atoms with E-state index in [1.807, 2.05) is 13.8 Å². The summed E-state index contributed by atoms with van der Waals surface area (Å²) in [5.74, 6) is 0.548. The lowest BCUT2D eigenvalue weighted by atomic mass is 9.89. The molecule has 0 saturated heterocycles. The van der Waals surface area contributed by atoms with E-state index in [0.717, 1.165) is 6.42 Å². The largest absolute Gasteiger partial charge is 0.493 e. The van der Waals surface area contributed by atoms with E-state index >= 15 is 0 Å². The molecule has 1 amide bonds. The highest BCUT2D eigenvalue weighted by Gasteiger charge is 2.36. The van der Waals surface area contributed by atoms with Crippen LogP contribution >= 0.6 is 22.6 Å². The van der Waals surface area contributed by atoms with E-state index in [2.05, 4.69) is 33.2 Å². The van der Waals surface area contributed by atoms with Crippen molar-refractivity contribution in [2.24, 2.45) is 0 Å². The fraction of sp³-hybridized carbons (Fsp3) is 0.609. The number of aliphatic hydroxyl groups is 3. The van der Waals surface area contributed by atoms with Crippen molar-refractivity contribution in [1.29, 1.82) is 0 Å². The van der Waals surface area contributed by atoms with Crippen molar-refractivity contribution in [2.75, 3.05) is 33.4 Å². The molecule has 0 spiro atoms. The Labute approximate surface area is 208 Å². The fourth-order valence-electron chi connectivity index (χ4n) is 3.49. The minimum atomic E-state index is -0.913. The van der Waals surface area contributed by atoms with Crippen molar-refractivity contribution in [2.45, 2.75) is 57.6 Å². The van der Waals surface area contributed by atoms with E-state index in [9.17, 15) is 15.0 Å². The summed E-state index contributed by atoms with van der Waals surface area (Å²) in [5.41, 5.74) is 1.14. The van der Waals surface area contributed by atoms with Gasteiger partial charge in [0.05, 0.1) is 30.0 Å². The van der Waals surface area contributed by atoms with E-state index in [-0.39, 0.29) is 31.8 Å². The molecule has 186 valence electrons. The average Bonchev–Trinajstić information content (AvgIpc) is 2.79. The van der Waals surface area contributed by atoms with E-state index in [1.165, 1.54) is 7.11 Å². The van der Waals surface area contributed by atoms with Gasteiger partial charge in [0.2, 0.25) is 5.91 Å². The van der Waals surface area contributed by atoms with Crippen LogP contribution in [0.25, 0.3) is 0 Å². The SMILES string of the molecule is COc1cc(CO)cc(I)c1O[C@H]1C=C(C(=O)NCCO)C[C@@H](NCCCOC(C)C)[C@@H]1O. The van der Waals surface area contributed by atoms with Crippen molar-refractivity contribution in [3.05, 3.63) is 32.9 Å². The third-order valence-corrected chi connectivity index (χ3v) is 5.95. The minimum absolute atomic E-state index is 0.139. The zero-order valence-electron chi connectivity index (χ0n) is 19.3. The highest BCUT2D eigenvalue weighted by atomic mass is 127. The number of aliphatic hydroxyl groups excluding tert-OH is 3. The molecule has 2 rings (SSSR count). The Balaban J connectivity index is 2.21.